The maximum absolute atomic E-state index is 12.9. The van der Waals surface area contributed by atoms with Gasteiger partial charge in [0.05, 0.1) is 31.1 Å². The zero-order chi connectivity index (χ0) is 15.4. The molecule has 1 saturated heterocycles. The van der Waals surface area contributed by atoms with Crippen LogP contribution in [0.3, 0.4) is 0 Å². The second kappa shape index (κ2) is 6.89. The SMILES string of the molecule is Cc1cn[nH]c1[C@@H]1COCCN1CCOc1ccc(F)cc1. The second-order valence-electron chi connectivity index (χ2n) is 5.40. The Morgan fingerprint density at radius 1 is 1.41 bits per heavy atom. The van der Waals surface area contributed by atoms with Crippen LogP contribution in [0.4, 0.5) is 4.39 Å². The zero-order valence-corrected chi connectivity index (χ0v) is 12.6. The van der Waals surface area contributed by atoms with Crippen LogP contribution in [-0.2, 0) is 4.74 Å². The Hall–Kier alpha value is -1.92. The summed E-state index contributed by atoms with van der Waals surface area (Å²) < 4.78 is 24.1. The number of H-pyrrole nitrogens is 1. The Balaban J connectivity index is 1.58. The Kier molecular flexibility index (Phi) is 4.70. The van der Waals surface area contributed by atoms with Gasteiger partial charge < -0.3 is 9.47 Å². The molecule has 5 nitrogen and oxygen atoms in total. The van der Waals surface area contributed by atoms with Crippen LogP contribution >= 0.6 is 0 Å². The molecule has 1 aromatic carbocycles. The topological polar surface area (TPSA) is 50.4 Å². The maximum atomic E-state index is 12.9. The molecule has 1 aliphatic rings. The maximum Gasteiger partial charge on any atom is 0.123 e. The van der Waals surface area contributed by atoms with Crippen LogP contribution < -0.4 is 4.74 Å². The van der Waals surface area contributed by atoms with Gasteiger partial charge in [0.2, 0.25) is 0 Å². The van der Waals surface area contributed by atoms with Crippen molar-refractivity contribution in [1.82, 2.24) is 15.1 Å². The van der Waals surface area contributed by atoms with E-state index in [-0.39, 0.29) is 11.9 Å². The van der Waals surface area contributed by atoms with Crippen LogP contribution in [0.25, 0.3) is 0 Å². The summed E-state index contributed by atoms with van der Waals surface area (Å²) in [6.07, 6.45) is 1.83. The predicted molar refractivity (Wildman–Crippen MR) is 80.4 cm³/mol. The number of nitrogens with one attached hydrogen (secondary N) is 1. The largest absolute Gasteiger partial charge is 0.492 e. The molecule has 6 heteroatoms. The van der Waals surface area contributed by atoms with Crippen molar-refractivity contribution in [3.05, 3.63) is 47.5 Å². The molecular formula is C16H20FN3O2. The molecule has 22 heavy (non-hydrogen) atoms. The van der Waals surface area contributed by atoms with Crippen molar-refractivity contribution in [3.8, 4) is 5.75 Å². The lowest BCUT2D eigenvalue weighted by atomic mass is 10.1. The Morgan fingerprint density at radius 3 is 2.95 bits per heavy atom. The van der Waals surface area contributed by atoms with E-state index in [1.54, 1.807) is 12.1 Å². The summed E-state index contributed by atoms with van der Waals surface area (Å²) in [7, 11) is 0. The normalized spacial score (nSPS) is 19.3. The van der Waals surface area contributed by atoms with Gasteiger partial charge in [-0.15, -0.1) is 0 Å². The van der Waals surface area contributed by atoms with E-state index in [4.69, 9.17) is 9.47 Å². The Labute approximate surface area is 129 Å². The van der Waals surface area contributed by atoms with E-state index in [9.17, 15) is 4.39 Å². The van der Waals surface area contributed by atoms with E-state index in [1.165, 1.54) is 12.1 Å². The summed E-state index contributed by atoms with van der Waals surface area (Å²) in [5.41, 5.74) is 2.24. The lowest BCUT2D eigenvalue weighted by Gasteiger charge is -2.35. The van der Waals surface area contributed by atoms with Crippen LogP contribution in [-0.4, -0.2) is 48.0 Å². The van der Waals surface area contributed by atoms with Gasteiger partial charge in [0.1, 0.15) is 18.2 Å². The van der Waals surface area contributed by atoms with Crippen molar-refractivity contribution in [2.45, 2.75) is 13.0 Å². The molecule has 0 aliphatic carbocycles. The monoisotopic (exact) mass is 305 g/mol. The lowest BCUT2D eigenvalue weighted by Crippen LogP contribution is -2.42. The quantitative estimate of drug-likeness (QED) is 0.921. The number of benzene rings is 1. The van der Waals surface area contributed by atoms with Crippen LogP contribution in [0.15, 0.2) is 30.5 Å². The predicted octanol–water partition coefficient (Wildman–Crippen LogP) is 2.31. The van der Waals surface area contributed by atoms with Gasteiger partial charge in [-0.1, -0.05) is 0 Å². The zero-order valence-electron chi connectivity index (χ0n) is 12.6. The van der Waals surface area contributed by atoms with E-state index in [0.717, 1.165) is 31.0 Å². The average Bonchev–Trinajstić information content (AvgIpc) is 2.96. The highest BCUT2D eigenvalue weighted by atomic mass is 19.1. The van der Waals surface area contributed by atoms with Crippen LogP contribution in [0, 0.1) is 12.7 Å². The third-order valence-electron chi connectivity index (χ3n) is 3.90. The van der Waals surface area contributed by atoms with Gasteiger partial charge in [-0.2, -0.15) is 5.10 Å². The standard InChI is InChI=1S/C16H20FN3O2/c1-12-10-18-19-16(12)15-11-21-8-6-20(15)7-9-22-14-4-2-13(17)3-5-14/h2-5,10,15H,6-9,11H2,1H3,(H,18,19)/t15-/m0/s1. The fraction of sp³-hybridized carbons (Fsp3) is 0.438. The first-order chi connectivity index (χ1) is 10.7. The minimum atomic E-state index is -0.254. The molecule has 0 saturated carbocycles. The van der Waals surface area contributed by atoms with E-state index in [2.05, 4.69) is 15.1 Å². The molecule has 1 atom stereocenters. The molecule has 0 unspecified atom stereocenters. The fourth-order valence-electron chi connectivity index (χ4n) is 2.68. The van der Waals surface area contributed by atoms with Gasteiger partial charge >= 0.3 is 0 Å². The molecule has 118 valence electrons. The summed E-state index contributed by atoms with van der Waals surface area (Å²) in [6.45, 7) is 5.61. The number of nitrogens with zero attached hydrogens (tertiary/aromatic N) is 2. The molecule has 1 N–H and O–H groups in total. The number of hydrogen-bond donors (Lipinski definition) is 1. The number of aromatic amines is 1. The number of halogens is 1. The highest BCUT2D eigenvalue weighted by Gasteiger charge is 2.26. The van der Waals surface area contributed by atoms with Gasteiger partial charge in [0.25, 0.3) is 0 Å². The molecule has 3 rings (SSSR count). The van der Waals surface area contributed by atoms with E-state index < -0.39 is 0 Å². The summed E-state index contributed by atoms with van der Waals surface area (Å²) >= 11 is 0. The van der Waals surface area contributed by atoms with Gasteiger partial charge in [0, 0.05) is 13.1 Å². The molecule has 1 aliphatic heterocycles. The summed E-state index contributed by atoms with van der Waals surface area (Å²) in [5, 5.41) is 7.16. The molecule has 0 spiro atoms. The molecule has 0 amide bonds. The number of rotatable bonds is 5. The van der Waals surface area contributed by atoms with Crippen LogP contribution in [0.5, 0.6) is 5.75 Å². The number of morpholine rings is 1. The molecular weight excluding hydrogens is 285 g/mol. The molecule has 0 radical (unpaired) electrons. The third-order valence-corrected chi connectivity index (χ3v) is 3.90. The molecule has 2 heterocycles. The molecule has 1 aromatic heterocycles. The highest BCUT2D eigenvalue weighted by molar-refractivity contribution is 5.22. The van der Waals surface area contributed by atoms with E-state index >= 15 is 0 Å². The summed E-state index contributed by atoms with van der Waals surface area (Å²) in [4.78, 5) is 2.33. The molecule has 0 bridgehead atoms. The number of ether oxygens (including phenoxy) is 2. The summed E-state index contributed by atoms with van der Waals surface area (Å²) in [5.74, 6) is 0.430. The van der Waals surface area contributed by atoms with Gasteiger partial charge in [-0.25, -0.2) is 4.39 Å². The fourth-order valence-corrected chi connectivity index (χ4v) is 2.68. The second-order valence-corrected chi connectivity index (χ2v) is 5.40. The molecule has 2 aromatic rings. The summed E-state index contributed by atoms with van der Waals surface area (Å²) in [6, 6.07) is 6.27. The Bertz CT molecular complexity index is 600. The highest BCUT2D eigenvalue weighted by Crippen LogP contribution is 2.24. The lowest BCUT2D eigenvalue weighted by molar-refractivity contribution is -0.0149. The molecule has 1 fully saturated rings. The van der Waals surface area contributed by atoms with Crippen LogP contribution in [0.1, 0.15) is 17.3 Å². The minimum Gasteiger partial charge on any atom is -0.492 e. The van der Waals surface area contributed by atoms with Crippen molar-refractivity contribution >= 4 is 0 Å². The average molecular weight is 305 g/mol. The Morgan fingerprint density at radius 2 is 2.23 bits per heavy atom. The number of aromatic nitrogens is 2. The number of aryl methyl sites for hydroxylation is 1. The third kappa shape index (κ3) is 3.45. The van der Waals surface area contributed by atoms with Crippen molar-refractivity contribution in [1.29, 1.82) is 0 Å². The van der Waals surface area contributed by atoms with Crippen molar-refractivity contribution in [2.24, 2.45) is 0 Å². The van der Waals surface area contributed by atoms with Crippen LogP contribution in [0.2, 0.25) is 0 Å². The van der Waals surface area contributed by atoms with Crippen molar-refractivity contribution < 1.29 is 13.9 Å². The van der Waals surface area contributed by atoms with E-state index in [0.29, 0.717) is 19.0 Å². The first-order valence-electron chi connectivity index (χ1n) is 7.44. The van der Waals surface area contributed by atoms with Crippen molar-refractivity contribution in [3.63, 3.8) is 0 Å². The van der Waals surface area contributed by atoms with Gasteiger partial charge in [0.15, 0.2) is 0 Å². The smallest absolute Gasteiger partial charge is 0.123 e. The van der Waals surface area contributed by atoms with E-state index in [1.807, 2.05) is 13.1 Å². The first kappa shape index (κ1) is 15.0. The first-order valence-corrected chi connectivity index (χ1v) is 7.44. The van der Waals surface area contributed by atoms with Gasteiger partial charge in [-0.3, -0.25) is 10.00 Å². The van der Waals surface area contributed by atoms with Crippen molar-refractivity contribution in [2.75, 3.05) is 32.9 Å². The minimum absolute atomic E-state index is 0.174. The number of hydrogen-bond acceptors (Lipinski definition) is 4. The van der Waals surface area contributed by atoms with Gasteiger partial charge in [-0.05, 0) is 36.8 Å².